The van der Waals surface area contributed by atoms with Crippen LogP contribution in [0.4, 0.5) is 4.39 Å². The summed E-state index contributed by atoms with van der Waals surface area (Å²) in [6, 6.07) is 14.3. The maximum absolute atomic E-state index is 13.9. The van der Waals surface area contributed by atoms with Crippen molar-refractivity contribution >= 4 is 6.29 Å². The lowest BCUT2D eigenvalue weighted by molar-refractivity contribution is -0.108. The maximum atomic E-state index is 13.9. The maximum Gasteiger partial charge on any atom is 0.131 e. The van der Waals surface area contributed by atoms with E-state index in [0.717, 1.165) is 19.0 Å². The molecule has 0 fully saturated rings. The monoisotopic (exact) mass is 320 g/mol. The highest BCUT2D eigenvalue weighted by molar-refractivity contribution is 5.67. The minimum Gasteiger partial charge on any atom is -0.400 e. The topological polar surface area (TPSA) is 37.3 Å². The molecular weight excluding hydrogens is 291 g/mol. The van der Waals surface area contributed by atoms with Crippen LogP contribution in [-0.4, -0.2) is 18.5 Å². The summed E-state index contributed by atoms with van der Waals surface area (Å²) in [6.07, 6.45) is 0.816. The molecule has 2 nitrogen and oxygen atoms in total. The standard InChI is InChI=1S/C15H13FO.2C2H6.CH4O/c1-11(10-17)13-7-8-14(15(16)9-13)12-5-3-2-4-6-12;3*1-2/h2-11H,1H3;2*1-2H3;2H,1H3. The second-order valence-electron chi connectivity index (χ2n) is 4.03. The zero-order chi connectivity index (χ0) is 18.3. The molecule has 0 aliphatic carbocycles. The van der Waals surface area contributed by atoms with Gasteiger partial charge in [-0.2, -0.15) is 0 Å². The highest BCUT2D eigenvalue weighted by atomic mass is 19.1. The highest BCUT2D eigenvalue weighted by Crippen LogP contribution is 2.25. The molecule has 2 rings (SSSR count). The molecule has 23 heavy (non-hydrogen) atoms. The van der Waals surface area contributed by atoms with Gasteiger partial charge >= 0.3 is 0 Å². The van der Waals surface area contributed by atoms with Gasteiger partial charge in [0.05, 0.1) is 0 Å². The van der Waals surface area contributed by atoms with Crippen molar-refractivity contribution in [2.45, 2.75) is 40.5 Å². The van der Waals surface area contributed by atoms with E-state index in [1.54, 1.807) is 19.1 Å². The molecule has 0 aromatic heterocycles. The molecule has 2 aromatic carbocycles. The molecule has 0 amide bonds. The summed E-state index contributed by atoms with van der Waals surface area (Å²) >= 11 is 0. The molecule has 1 unspecified atom stereocenters. The first-order chi connectivity index (χ1) is 11.2. The van der Waals surface area contributed by atoms with Gasteiger partial charge in [-0.25, -0.2) is 4.39 Å². The summed E-state index contributed by atoms with van der Waals surface area (Å²) in [5.41, 5.74) is 2.11. The van der Waals surface area contributed by atoms with Crippen molar-refractivity contribution in [1.29, 1.82) is 0 Å². The van der Waals surface area contributed by atoms with Crippen LogP contribution >= 0.6 is 0 Å². The smallest absolute Gasteiger partial charge is 0.131 e. The second kappa shape index (κ2) is 14.9. The molecule has 1 atom stereocenters. The Balaban J connectivity index is 0. The largest absolute Gasteiger partial charge is 0.400 e. The van der Waals surface area contributed by atoms with Gasteiger partial charge in [0.2, 0.25) is 0 Å². The molecule has 3 heteroatoms. The Morgan fingerprint density at radius 2 is 1.48 bits per heavy atom. The summed E-state index contributed by atoms with van der Waals surface area (Å²) in [7, 11) is 1.00. The van der Waals surface area contributed by atoms with E-state index in [-0.39, 0.29) is 11.7 Å². The van der Waals surface area contributed by atoms with Gasteiger partial charge in [-0.05, 0) is 17.2 Å². The molecule has 0 heterocycles. The Kier molecular flexibility index (Phi) is 15.1. The molecule has 0 spiro atoms. The van der Waals surface area contributed by atoms with E-state index in [0.29, 0.717) is 11.1 Å². The van der Waals surface area contributed by atoms with Crippen LogP contribution in [-0.2, 0) is 4.79 Å². The second-order valence-corrected chi connectivity index (χ2v) is 4.03. The fourth-order valence-corrected chi connectivity index (χ4v) is 1.74. The fraction of sp³-hybridized carbons (Fsp3) is 0.350. The van der Waals surface area contributed by atoms with Crippen LogP contribution in [0.25, 0.3) is 11.1 Å². The molecule has 1 N–H and O–H groups in total. The van der Waals surface area contributed by atoms with Crippen LogP contribution in [0.5, 0.6) is 0 Å². The van der Waals surface area contributed by atoms with Crippen molar-refractivity contribution in [3.63, 3.8) is 0 Å². The van der Waals surface area contributed by atoms with Crippen molar-refractivity contribution in [2.75, 3.05) is 7.11 Å². The van der Waals surface area contributed by atoms with E-state index in [4.69, 9.17) is 5.11 Å². The van der Waals surface area contributed by atoms with Crippen LogP contribution < -0.4 is 0 Å². The number of aliphatic hydroxyl groups is 1. The Morgan fingerprint density at radius 1 is 0.957 bits per heavy atom. The van der Waals surface area contributed by atoms with Gasteiger partial charge in [-0.1, -0.05) is 77.1 Å². The minimum absolute atomic E-state index is 0.269. The van der Waals surface area contributed by atoms with Crippen molar-refractivity contribution < 1.29 is 14.3 Å². The van der Waals surface area contributed by atoms with E-state index >= 15 is 0 Å². The van der Waals surface area contributed by atoms with E-state index in [1.807, 2.05) is 58.0 Å². The zero-order valence-corrected chi connectivity index (χ0v) is 15.0. The number of halogens is 1. The predicted molar refractivity (Wildman–Crippen MR) is 97.2 cm³/mol. The lowest BCUT2D eigenvalue weighted by Crippen LogP contribution is -1.96. The van der Waals surface area contributed by atoms with Gasteiger partial charge < -0.3 is 9.90 Å². The molecule has 0 saturated carbocycles. The zero-order valence-electron chi connectivity index (χ0n) is 15.0. The molecule has 0 radical (unpaired) electrons. The molecule has 128 valence electrons. The van der Waals surface area contributed by atoms with Crippen LogP contribution in [0.1, 0.15) is 46.1 Å². The third-order valence-corrected chi connectivity index (χ3v) is 2.81. The molecular formula is C20H29FO2. The number of benzene rings is 2. The van der Waals surface area contributed by atoms with Crippen LogP contribution in [0.2, 0.25) is 0 Å². The number of hydrogen-bond acceptors (Lipinski definition) is 2. The predicted octanol–water partition coefficient (Wildman–Crippen LogP) is 5.46. The van der Waals surface area contributed by atoms with Gasteiger partial charge in [0.1, 0.15) is 12.1 Å². The Bertz CT molecular complexity index is 524. The molecule has 0 aliphatic heterocycles. The van der Waals surface area contributed by atoms with Crippen molar-refractivity contribution in [2.24, 2.45) is 0 Å². The van der Waals surface area contributed by atoms with Crippen molar-refractivity contribution in [1.82, 2.24) is 0 Å². The molecule has 0 saturated heterocycles. The minimum atomic E-state index is -0.289. The van der Waals surface area contributed by atoms with Gasteiger partial charge in [-0.15, -0.1) is 0 Å². The fourth-order valence-electron chi connectivity index (χ4n) is 1.74. The normalized spacial score (nSPS) is 9.74. The van der Waals surface area contributed by atoms with E-state index in [2.05, 4.69) is 0 Å². The number of hydrogen-bond donors (Lipinski definition) is 1. The lowest BCUT2D eigenvalue weighted by Gasteiger charge is -2.08. The van der Waals surface area contributed by atoms with Crippen molar-refractivity contribution in [3.05, 3.63) is 59.9 Å². The molecule has 0 aliphatic rings. The average Bonchev–Trinajstić information content (AvgIpc) is 2.66. The first-order valence-electron chi connectivity index (χ1n) is 7.97. The third kappa shape index (κ3) is 7.71. The summed E-state index contributed by atoms with van der Waals surface area (Å²) < 4.78 is 13.9. The Morgan fingerprint density at radius 3 is 1.91 bits per heavy atom. The Labute approximate surface area is 140 Å². The van der Waals surface area contributed by atoms with Gasteiger partial charge in [0.25, 0.3) is 0 Å². The first kappa shape index (κ1) is 23.3. The first-order valence-corrected chi connectivity index (χ1v) is 7.97. The number of aliphatic hydroxyl groups excluding tert-OH is 1. The SMILES string of the molecule is CC.CC.CC(C=O)c1ccc(-c2ccccc2)c(F)c1.CO. The molecule has 0 bridgehead atoms. The van der Waals surface area contributed by atoms with E-state index in [1.165, 1.54) is 6.07 Å². The lowest BCUT2D eigenvalue weighted by atomic mass is 9.98. The Hall–Kier alpha value is -2.00. The number of carbonyl (C=O) groups is 1. The van der Waals surface area contributed by atoms with Gasteiger partial charge in [0, 0.05) is 18.6 Å². The van der Waals surface area contributed by atoms with Crippen LogP contribution in [0.15, 0.2) is 48.5 Å². The number of rotatable bonds is 3. The van der Waals surface area contributed by atoms with E-state index in [9.17, 15) is 9.18 Å². The summed E-state index contributed by atoms with van der Waals surface area (Å²) in [4.78, 5) is 10.6. The third-order valence-electron chi connectivity index (χ3n) is 2.81. The van der Waals surface area contributed by atoms with Gasteiger partial charge in [-0.3, -0.25) is 0 Å². The van der Waals surface area contributed by atoms with E-state index < -0.39 is 0 Å². The quantitative estimate of drug-likeness (QED) is 0.763. The van der Waals surface area contributed by atoms with Gasteiger partial charge in [0.15, 0.2) is 0 Å². The summed E-state index contributed by atoms with van der Waals surface area (Å²) in [6.45, 7) is 9.75. The highest BCUT2D eigenvalue weighted by Gasteiger charge is 2.09. The summed E-state index contributed by atoms with van der Waals surface area (Å²) in [5, 5.41) is 7.00. The van der Waals surface area contributed by atoms with Crippen molar-refractivity contribution in [3.8, 4) is 11.1 Å². The number of aldehydes is 1. The number of carbonyl (C=O) groups excluding carboxylic acids is 1. The van der Waals surface area contributed by atoms with Crippen LogP contribution in [0.3, 0.4) is 0 Å². The average molecular weight is 320 g/mol. The van der Waals surface area contributed by atoms with Crippen LogP contribution in [0, 0.1) is 5.82 Å². The summed E-state index contributed by atoms with van der Waals surface area (Å²) in [5.74, 6) is -0.559. The molecule has 2 aromatic rings.